The standard InChI is InChI=1S/C24H25N5O2S/c1-14-10-21(32-16(14)3)23(30)25-12-17-6-8-18(9-7-17)22-19(20-11-15(2)28-31-20)13-26-24(27-22)29(4)5/h6-11,13H,12H2,1-5H3,(H,25,30). The highest BCUT2D eigenvalue weighted by atomic mass is 32.1. The van der Waals surface area contributed by atoms with Crippen molar-refractivity contribution in [2.75, 3.05) is 19.0 Å². The minimum atomic E-state index is -0.0512. The molecule has 0 aliphatic rings. The van der Waals surface area contributed by atoms with E-state index < -0.39 is 0 Å². The fourth-order valence-electron chi connectivity index (χ4n) is 3.21. The van der Waals surface area contributed by atoms with Crippen LogP contribution >= 0.6 is 11.3 Å². The number of nitrogens with zero attached hydrogens (tertiary/aromatic N) is 4. The molecule has 0 fully saturated rings. The molecule has 3 aromatic heterocycles. The molecule has 1 N–H and O–H groups in total. The molecule has 0 saturated heterocycles. The lowest BCUT2D eigenvalue weighted by Gasteiger charge is -2.14. The van der Waals surface area contributed by atoms with Crippen molar-refractivity contribution in [3.8, 4) is 22.6 Å². The average molecular weight is 448 g/mol. The molecular weight excluding hydrogens is 422 g/mol. The van der Waals surface area contributed by atoms with Crippen LogP contribution in [-0.2, 0) is 6.54 Å². The normalized spacial score (nSPS) is 10.9. The molecule has 7 nitrogen and oxygen atoms in total. The van der Waals surface area contributed by atoms with Gasteiger partial charge in [-0.3, -0.25) is 4.79 Å². The van der Waals surface area contributed by atoms with E-state index in [9.17, 15) is 4.79 Å². The molecular formula is C24H25N5O2S. The lowest BCUT2D eigenvalue weighted by Crippen LogP contribution is -2.21. The second kappa shape index (κ2) is 8.92. The van der Waals surface area contributed by atoms with Crippen molar-refractivity contribution in [1.82, 2.24) is 20.4 Å². The van der Waals surface area contributed by atoms with E-state index in [0.29, 0.717) is 18.3 Å². The average Bonchev–Trinajstić information content (AvgIpc) is 3.37. The van der Waals surface area contributed by atoms with Crippen LogP contribution < -0.4 is 10.2 Å². The van der Waals surface area contributed by atoms with Gasteiger partial charge in [-0.1, -0.05) is 29.4 Å². The smallest absolute Gasteiger partial charge is 0.261 e. The van der Waals surface area contributed by atoms with E-state index in [-0.39, 0.29) is 5.91 Å². The van der Waals surface area contributed by atoms with E-state index in [0.717, 1.165) is 38.5 Å². The molecule has 4 aromatic rings. The Hall–Kier alpha value is -3.52. The number of amides is 1. The zero-order valence-corrected chi connectivity index (χ0v) is 19.6. The van der Waals surface area contributed by atoms with Gasteiger partial charge in [0, 0.05) is 43.3 Å². The minimum Gasteiger partial charge on any atom is -0.356 e. The van der Waals surface area contributed by atoms with E-state index in [1.165, 1.54) is 16.2 Å². The van der Waals surface area contributed by atoms with Crippen LogP contribution in [0.1, 0.15) is 31.4 Å². The molecule has 32 heavy (non-hydrogen) atoms. The summed E-state index contributed by atoms with van der Waals surface area (Å²) in [6.07, 6.45) is 1.76. The highest BCUT2D eigenvalue weighted by molar-refractivity contribution is 7.14. The summed E-state index contributed by atoms with van der Waals surface area (Å²) in [4.78, 5) is 25.4. The van der Waals surface area contributed by atoms with Crippen molar-refractivity contribution in [1.29, 1.82) is 0 Å². The topological polar surface area (TPSA) is 84.2 Å². The van der Waals surface area contributed by atoms with Gasteiger partial charge in [-0.05, 0) is 38.0 Å². The van der Waals surface area contributed by atoms with Crippen LogP contribution in [0.3, 0.4) is 0 Å². The Morgan fingerprint density at radius 2 is 1.88 bits per heavy atom. The zero-order chi connectivity index (χ0) is 22.8. The lowest BCUT2D eigenvalue weighted by molar-refractivity contribution is 0.0955. The van der Waals surface area contributed by atoms with Crippen LogP contribution in [0.4, 0.5) is 5.95 Å². The van der Waals surface area contributed by atoms with E-state index in [2.05, 4.69) is 15.5 Å². The SMILES string of the molecule is Cc1cc(-c2cnc(N(C)C)nc2-c2ccc(CNC(=O)c3cc(C)c(C)s3)cc2)on1. The summed E-state index contributed by atoms with van der Waals surface area (Å²) >= 11 is 1.52. The predicted octanol–water partition coefficient (Wildman–Crippen LogP) is 4.78. The van der Waals surface area contributed by atoms with Crippen LogP contribution in [0.2, 0.25) is 0 Å². The van der Waals surface area contributed by atoms with Crippen molar-refractivity contribution < 1.29 is 9.32 Å². The number of rotatable bonds is 6. The Morgan fingerprint density at radius 3 is 2.47 bits per heavy atom. The number of aromatic nitrogens is 3. The quantitative estimate of drug-likeness (QED) is 0.458. The van der Waals surface area contributed by atoms with E-state index in [4.69, 9.17) is 9.51 Å². The molecule has 1 amide bonds. The van der Waals surface area contributed by atoms with Gasteiger partial charge < -0.3 is 14.7 Å². The molecule has 0 spiro atoms. The van der Waals surface area contributed by atoms with Crippen molar-refractivity contribution in [3.05, 3.63) is 69.2 Å². The number of hydrogen-bond donors (Lipinski definition) is 1. The van der Waals surface area contributed by atoms with E-state index in [1.54, 1.807) is 6.20 Å². The number of benzene rings is 1. The Kier molecular flexibility index (Phi) is 6.05. The van der Waals surface area contributed by atoms with Crippen molar-refractivity contribution in [2.45, 2.75) is 27.3 Å². The van der Waals surface area contributed by atoms with Gasteiger partial charge in [0.05, 0.1) is 21.8 Å². The summed E-state index contributed by atoms with van der Waals surface area (Å²) in [7, 11) is 3.81. The molecule has 164 valence electrons. The third-order valence-electron chi connectivity index (χ3n) is 5.14. The maximum absolute atomic E-state index is 12.4. The number of anilines is 1. The van der Waals surface area contributed by atoms with Gasteiger partial charge in [0.25, 0.3) is 5.91 Å². The monoisotopic (exact) mass is 447 g/mol. The fourth-order valence-corrected chi connectivity index (χ4v) is 4.16. The van der Waals surface area contributed by atoms with E-state index >= 15 is 0 Å². The van der Waals surface area contributed by atoms with Gasteiger partial charge in [-0.15, -0.1) is 11.3 Å². The van der Waals surface area contributed by atoms with Crippen LogP contribution in [0.5, 0.6) is 0 Å². The van der Waals surface area contributed by atoms with Gasteiger partial charge >= 0.3 is 0 Å². The largest absolute Gasteiger partial charge is 0.356 e. The first kappa shape index (κ1) is 21.7. The summed E-state index contributed by atoms with van der Waals surface area (Å²) in [5, 5.41) is 6.99. The zero-order valence-electron chi connectivity index (χ0n) is 18.8. The molecule has 1 aromatic carbocycles. The highest BCUT2D eigenvalue weighted by Gasteiger charge is 2.16. The third kappa shape index (κ3) is 4.55. The van der Waals surface area contributed by atoms with Gasteiger partial charge in [0.1, 0.15) is 0 Å². The Labute approximate surface area is 191 Å². The molecule has 0 radical (unpaired) electrons. The Morgan fingerprint density at radius 1 is 1.12 bits per heavy atom. The number of thiophene rings is 1. The maximum Gasteiger partial charge on any atom is 0.261 e. The lowest BCUT2D eigenvalue weighted by atomic mass is 10.0. The number of carbonyl (C=O) groups is 1. The summed E-state index contributed by atoms with van der Waals surface area (Å²) in [6, 6.07) is 11.8. The predicted molar refractivity (Wildman–Crippen MR) is 127 cm³/mol. The highest BCUT2D eigenvalue weighted by Crippen LogP contribution is 2.32. The first-order chi connectivity index (χ1) is 15.3. The first-order valence-corrected chi connectivity index (χ1v) is 11.1. The van der Waals surface area contributed by atoms with Crippen molar-refractivity contribution >= 4 is 23.2 Å². The van der Waals surface area contributed by atoms with Crippen molar-refractivity contribution in [2.24, 2.45) is 0 Å². The van der Waals surface area contributed by atoms with Gasteiger partial charge in [0.15, 0.2) is 5.76 Å². The molecule has 0 atom stereocenters. The molecule has 0 saturated carbocycles. The molecule has 0 aliphatic heterocycles. The van der Waals surface area contributed by atoms with Gasteiger partial charge in [-0.25, -0.2) is 9.97 Å². The second-order valence-corrected chi connectivity index (χ2v) is 9.15. The molecule has 0 unspecified atom stereocenters. The van der Waals surface area contributed by atoms with Gasteiger partial charge in [-0.2, -0.15) is 0 Å². The number of hydrogen-bond acceptors (Lipinski definition) is 7. The summed E-state index contributed by atoms with van der Waals surface area (Å²) in [5.74, 6) is 1.18. The van der Waals surface area contributed by atoms with Crippen LogP contribution in [-0.4, -0.2) is 35.1 Å². The van der Waals surface area contributed by atoms with Crippen LogP contribution in [0.25, 0.3) is 22.6 Å². The molecule has 0 bridgehead atoms. The number of nitrogens with one attached hydrogen (secondary N) is 1. The van der Waals surface area contributed by atoms with Crippen LogP contribution in [0, 0.1) is 20.8 Å². The summed E-state index contributed by atoms with van der Waals surface area (Å²) in [6.45, 7) is 6.38. The number of carbonyl (C=O) groups excluding carboxylic acids is 1. The molecule has 0 aliphatic carbocycles. The maximum atomic E-state index is 12.4. The van der Waals surface area contributed by atoms with Crippen molar-refractivity contribution in [3.63, 3.8) is 0 Å². The molecule has 3 heterocycles. The van der Waals surface area contributed by atoms with E-state index in [1.807, 2.05) is 76.2 Å². The summed E-state index contributed by atoms with van der Waals surface area (Å²) < 4.78 is 5.46. The molecule has 8 heteroatoms. The summed E-state index contributed by atoms with van der Waals surface area (Å²) in [5.41, 5.74) is 5.42. The first-order valence-electron chi connectivity index (χ1n) is 10.2. The number of aryl methyl sites for hydroxylation is 3. The second-order valence-electron chi connectivity index (χ2n) is 7.89. The third-order valence-corrected chi connectivity index (χ3v) is 6.29. The Bertz CT molecular complexity index is 1240. The minimum absolute atomic E-state index is 0.0512. The Balaban J connectivity index is 1.56. The molecule has 4 rings (SSSR count). The van der Waals surface area contributed by atoms with Gasteiger partial charge in [0.2, 0.25) is 5.95 Å². The van der Waals surface area contributed by atoms with Crippen LogP contribution in [0.15, 0.2) is 47.1 Å². The fraction of sp³-hybridized carbons (Fsp3) is 0.250.